The third kappa shape index (κ3) is 4.71. The second-order valence-electron chi connectivity index (χ2n) is 5.70. The molecule has 0 bridgehead atoms. The monoisotopic (exact) mass is 511 g/mol. The van der Waals surface area contributed by atoms with Gasteiger partial charge in [-0.2, -0.15) is 0 Å². The van der Waals surface area contributed by atoms with Gasteiger partial charge in [-0.05, 0) is 77.6 Å². The highest BCUT2D eigenvalue weighted by Gasteiger charge is 2.24. The first-order valence-corrected chi connectivity index (χ1v) is 9.76. The summed E-state index contributed by atoms with van der Waals surface area (Å²) >= 11 is 8.43. The summed E-state index contributed by atoms with van der Waals surface area (Å²) < 4.78 is 17.0. The van der Waals surface area contributed by atoms with Crippen molar-refractivity contribution in [2.75, 3.05) is 6.61 Å². The number of ether oxygens (including phenoxy) is 3. The lowest BCUT2D eigenvalue weighted by Gasteiger charge is -2.12. The molecule has 0 radical (unpaired) electrons. The molecule has 8 heteroatoms. The summed E-state index contributed by atoms with van der Waals surface area (Å²) in [4.78, 5) is 27.8. The first kappa shape index (κ1) is 20.3. The number of hydrogen-bond acceptors (Lipinski definition) is 6. The molecule has 0 spiro atoms. The Morgan fingerprint density at radius 1 is 1.29 bits per heavy atom. The number of benzene rings is 2. The Morgan fingerprint density at radius 2 is 2.00 bits per heavy atom. The van der Waals surface area contributed by atoms with Crippen molar-refractivity contribution >= 4 is 58.1 Å². The van der Waals surface area contributed by atoms with Crippen LogP contribution >= 0.6 is 34.2 Å². The Hall–Kier alpha value is -2.39. The molecule has 2 aromatic rings. The molecular formula is C20H15ClINO5. The Balaban J connectivity index is 1.96. The quantitative estimate of drug-likeness (QED) is 0.254. The van der Waals surface area contributed by atoms with E-state index in [1.165, 1.54) is 13.0 Å². The van der Waals surface area contributed by atoms with Crippen molar-refractivity contribution in [1.82, 2.24) is 0 Å². The number of esters is 2. The van der Waals surface area contributed by atoms with Gasteiger partial charge in [-0.15, -0.1) is 0 Å². The van der Waals surface area contributed by atoms with Crippen LogP contribution in [0.3, 0.4) is 0 Å². The number of rotatable bonds is 5. The Labute approximate surface area is 180 Å². The first-order chi connectivity index (χ1) is 13.4. The maximum absolute atomic E-state index is 12.2. The molecular weight excluding hydrogens is 497 g/mol. The Kier molecular flexibility index (Phi) is 6.35. The molecule has 0 aliphatic carbocycles. The summed E-state index contributed by atoms with van der Waals surface area (Å²) in [7, 11) is 0. The standard InChI is InChI=1S/C20H15ClINO5/c1-3-26-17-10-12(8-15(21)18(17)27-11(2)24)9-16-20(25)28-19(23-16)13-4-6-14(22)7-5-13/h4-10H,3H2,1-2H3. The van der Waals surface area contributed by atoms with Crippen LogP contribution in [0.4, 0.5) is 0 Å². The van der Waals surface area contributed by atoms with E-state index < -0.39 is 11.9 Å². The normalized spacial score (nSPS) is 14.6. The number of carbonyl (C=O) groups excluding carboxylic acids is 2. The summed E-state index contributed by atoms with van der Waals surface area (Å²) in [5.74, 6) is -0.410. The fourth-order valence-electron chi connectivity index (χ4n) is 2.46. The minimum Gasteiger partial charge on any atom is -0.490 e. The van der Waals surface area contributed by atoms with Crippen molar-refractivity contribution < 1.29 is 23.8 Å². The summed E-state index contributed by atoms with van der Waals surface area (Å²) in [6, 6.07) is 10.6. The predicted molar refractivity (Wildman–Crippen MR) is 114 cm³/mol. The second-order valence-corrected chi connectivity index (χ2v) is 7.35. The van der Waals surface area contributed by atoms with Crippen molar-refractivity contribution in [3.63, 3.8) is 0 Å². The van der Waals surface area contributed by atoms with E-state index in [9.17, 15) is 9.59 Å². The number of halogens is 2. The van der Waals surface area contributed by atoms with Gasteiger partial charge in [0.1, 0.15) is 0 Å². The van der Waals surface area contributed by atoms with Crippen LogP contribution in [-0.2, 0) is 14.3 Å². The molecule has 0 amide bonds. The minimum absolute atomic E-state index is 0.132. The van der Waals surface area contributed by atoms with Gasteiger partial charge in [-0.3, -0.25) is 4.79 Å². The Morgan fingerprint density at radius 3 is 2.64 bits per heavy atom. The molecule has 0 aromatic heterocycles. The van der Waals surface area contributed by atoms with Crippen LogP contribution in [0.25, 0.3) is 6.08 Å². The summed E-state index contributed by atoms with van der Waals surface area (Å²) in [5, 5.41) is 0.182. The third-order valence-corrected chi connectivity index (χ3v) is 4.59. The molecule has 0 saturated heterocycles. The van der Waals surface area contributed by atoms with Gasteiger partial charge in [0.15, 0.2) is 17.2 Å². The number of carbonyl (C=O) groups is 2. The number of nitrogens with zero attached hydrogens (tertiary/aromatic N) is 1. The van der Waals surface area contributed by atoms with Gasteiger partial charge in [-0.1, -0.05) is 11.6 Å². The number of cyclic esters (lactones) is 1. The van der Waals surface area contributed by atoms with Crippen LogP contribution in [0.1, 0.15) is 25.0 Å². The van der Waals surface area contributed by atoms with E-state index in [-0.39, 0.29) is 22.4 Å². The van der Waals surface area contributed by atoms with Gasteiger partial charge in [0.05, 0.1) is 11.6 Å². The maximum atomic E-state index is 12.2. The van der Waals surface area contributed by atoms with Crippen molar-refractivity contribution in [2.24, 2.45) is 4.99 Å². The fraction of sp³-hybridized carbons (Fsp3) is 0.150. The molecule has 0 saturated carbocycles. The largest absolute Gasteiger partial charge is 0.490 e. The highest BCUT2D eigenvalue weighted by atomic mass is 127. The van der Waals surface area contributed by atoms with Crippen molar-refractivity contribution in [2.45, 2.75) is 13.8 Å². The summed E-state index contributed by atoms with van der Waals surface area (Å²) in [6.07, 6.45) is 1.54. The minimum atomic E-state index is -0.563. The zero-order chi connectivity index (χ0) is 20.3. The first-order valence-electron chi connectivity index (χ1n) is 8.30. The van der Waals surface area contributed by atoms with Crippen molar-refractivity contribution in [3.05, 3.63) is 61.8 Å². The zero-order valence-electron chi connectivity index (χ0n) is 15.0. The van der Waals surface area contributed by atoms with Gasteiger partial charge in [0.2, 0.25) is 5.90 Å². The second kappa shape index (κ2) is 8.74. The SMILES string of the molecule is CCOc1cc(C=C2N=C(c3ccc(I)cc3)OC2=O)cc(Cl)c1OC(C)=O. The highest BCUT2D eigenvalue weighted by Crippen LogP contribution is 2.37. The molecule has 0 atom stereocenters. The lowest BCUT2D eigenvalue weighted by molar-refractivity contribution is -0.132. The lowest BCUT2D eigenvalue weighted by atomic mass is 10.1. The third-order valence-electron chi connectivity index (χ3n) is 3.59. The number of hydrogen-bond donors (Lipinski definition) is 0. The Bertz CT molecular complexity index is 998. The van der Waals surface area contributed by atoms with Gasteiger partial charge in [-0.25, -0.2) is 9.79 Å². The van der Waals surface area contributed by atoms with Crippen LogP contribution in [-0.4, -0.2) is 24.4 Å². The van der Waals surface area contributed by atoms with Crippen molar-refractivity contribution in [1.29, 1.82) is 0 Å². The molecule has 6 nitrogen and oxygen atoms in total. The van der Waals surface area contributed by atoms with E-state index in [1.54, 1.807) is 19.1 Å². The average Bonchev–Trinajstić information content (AvgIpc) is 2.99. The topological polar surface area (TPSA) is 74.2 Å². The molecule has 28 heavy (non-hydrogen) atoms. The van der Waals surface area contributed by atoms with Crippen LogP contribution in [0.5, 0.6) is 11.5 Å². The van der Waals surface area contributed by atoms with Gasteiger partial charge >= 0.3 is 11.9 Å². The predicted octanol–water partition coefficient (Wildman–Crippen LogP) is 4.61. The van der Waals surface area contributed by atoms with E-state index in [4.69, 9.17) is 25.8 Å². The van der Waals surface area contributed by atoms with Gasteiger partial charge < -0.3 is 14.2 Å². The molecule has 3 rings (SSSR count). The average molecular weight is 512 g/mol. The van der Waals surface area contributed by atoms with Crippen LogP contribution in [0, 0.1) is 3.57 Å². The van der Waals surface area contributed by atoms with Crippen molar-refractivity contribution in [3.8, 4) is 11.5 Å². The van der Waals surface area contributed by atoms with E-state index in [0.29, 0.717) is 23.5 Å². The van der Waals surface area contributed by atoms with E-state index in [1.807, 2.05) is 24.3 Å². The molecule has 1 aliphatic heterocycles. The molecule has 1 aliphatic rings. The van der Waals surface area contributed by atoms with E-state index >= 15 is 0 Å². The van der Waals surface area contributed by atoms with Crippen LogP contribution in [0.2, 0.25) is 5.02 Å². The molecule has 1 heterocycles. The summed E-state index contributed by atoms with van der Waals surface area (Å²) in [5.41, 5.74) is 1.40. The van der Waals surface area contributed by atoms with E-state index in [2.05, 4.69) is 27.6 Å². The van der Waals surface area contributed by atoms with E-state index in [0.717, 1.165) is 3.57 Å². The smallest absolute Gasteiger partial charge is 0.363 e. The van der Waals surface area contributed by atoms with Gasteiger partial charge in [0.25, 0.3) is 0 Å². The molecule has 0 fully saturated rings. The summed E-state index contributed by atoms with van der Waals surface area (Å²) in [6.45, 7) is 3.42. The fourth-order valence-corrected chi connectivity index (χ4v) is 3.08. The van der Waals surface area contributed by atoms with Crippen LogP contribution in [0.15, 0.2) is 47.1 Å². The lowest BCUT2D eigenvalue weighted by Crippen LogP contribution is -2.05. The molecule has 2 aromatic carbocycles. The number of aliphatic imine (C=N–C) groups is 1. The van der Waals surface area contributed by atoms with Crippen LogP contribution < -0.4 is 9.47 Å². The molecule has 0 unspecified atom stereocenters. The molecule has 144 valence electrons. The highest BCUT2D eigenvalue weighted by molar-refractivity contribution is 14.1. The molecule has 0 N–H and O–H groups in total. The maximum Gasteiger partial charge on any atom is 0.363 e. The zero-order valence-corrected chi connectivity index (χ0v) is 17.9. The van der Waals surface area contributed by atoms with Gasteiger partial charge in [0, 0.05) is 16.1 Å².